The van der Waals surface area contributed by atoms with Crippen LogP contribution >= 0.6 is 0 Å². The molecular formula is C25H29N3O6. The second kappa shape index (κ2) is 9.40. The van der Waals surface area contributed by atoms with E-state index in [0.29, 0.717) is 48.8 Å². The first kappa shape index (κ1) is 22.3. The Labute approximate surface area is 197 Å². The molecule has 1 N–H and O–H groups in total. The second-order valence-electron chi connectivity index (χ2n) is 8.95. The monoisotopic (exact) mass is 467 g/mol. The number of fused-ring (bicyclic) bond motifs is 2. The highest BCUT2D eigenvalue weighted by atomic mass is 16.7. The number of pyridine rings is 1. The smallest absolute Gasteiger partial charge is 0.257 e. The topological polar surface area (TPSA) is 99.1 Å². The van der Waals surface area contributed by atoms with Crippen LogP contribution in [0.2, 0.25) is 0 Å². The molecule has 2 amide bonds. The summed E-state index contributed by atoms with van der Waals surface area (Å²) < 4.78 is 17.8. The summed E-state index contributed by atoms with van der Waals surface area (Å²) in [6.07, 6.45) is 4.47. The van der Waals surface area contributed by atoms with Gasteiger partial charge in [-0.1, -0.05) is 18.9 Å². The van der Waals surface area contributed by atoms with Crippen LogP contribution in [-0.2, 0) is 24.3 Å². The van der Waals surface area contributed by atoms with Crippen molar-refractivity contribution in [3.63, 3.8) is 0 Å². The fraction of sp³-hybridized carbons (Fsp3) is 0.480. The highest BCUT2D eigenvalue weighted by Gasteiger charge is 2.30. The number of carbonyl (C=O) groups excluding carboxylic acids is 2. The van der Waals surface area contributed by atoms with Crippen molar-refractivity contribution in [2.24, 2.45) is 5.92 Å². The first-order chi connectivity index (χ1) is 16.5. The van der Waals surface area contributed by atoms with Crippen LogP contribution in [0.15, 0.2) is 29.1 Å². The number of carbonyl (C=O) groups is 2. The zero-order chi connectivity index (χ0) is 23.7. The van der Waals surface area contributed by atoms with Crippen LogP contribution in [0, 0.1) is 5.92 Å². The minimum atomic E-state index is -0.325. The van der Waals surface area contributed by atoms with Crippen LogP contribution in [0.5, 0.6) is 17.2 Å². The maximum Gasteiger partial charge on any atom is 0.257 e. The van der Waals surface area contributed by atoms with Gasteiger partial charge in [0.15, 0.2) is 11.5 Å². The summed E-state index contributed by atoms with van der Waals surface area (Å²) in [5.41, 5.74) is 1.59. The molecule has 0 spiro atoms. The number of methoxy groups -OCH3 is 1. The van der Waals surface area contributed by atoms with Gasteiger partial charge in [-0.2, -0.15) is 0 Å². The maximum absolute atomic E-state index is 13.3. The van der Waals surface area contributed by atoms with Crippen LogP contribution < -0.4 is 25.1 Å². The Balaban J connectivity index is 1.37. The molecule has 2 aliphatic heterocycles. The number of amides is 2. The van der Waals surface area contributed by atoms with Gasteiger partial charge in [0.1, 0.15) is 11.3 Å². The van der Waals surface area contributed by atoms with E-state index in [1.807, 2.05) is 23.1 Å². The van der Waals surface area contributed by atoms with E-state index in [9.17, 15) is 14.4 Å². The van der Waals surface area contributed by atoms with Gasteiger partial charge >= 0.3 is 0 Å². The van der Waals surface area contributed by atoms with Crippen LogP contribution in [0.25, 0.3) is 0 Å². The molecule has 1 aromatic carbocycles. The molecule has 9 nitrogen and oxygen atoms in total. The number of ether oxygens (including phenoxy) is 3. The van der Waals surface area contributed by atoms with Crippen molar-refractivity contribution in [1.29, 1.82) is 0 Å². The van der Waals surface area contributed by atoms with Crippen molar-refractivity contribution in [3.05, 3.63) is 51.4 Å². The zero-order valence-electron chi connectivity index (χ0n) is 19.3. The van der Waals surface area contributed by atoms with Gasteiger partial charge in [-0.15, -0.1) is 0 Å². The average Bonchev–Trinajstić information content (AvgIpc) is 3.50. The van der Waals surface area contributed by atoms with Gasteiger partial charge in [0.25, 0.3) is 11.5 Å². The minimum absolute atomic E-state index is 0.0805. The summed E-state index contributed by atoms with van der Waals surface area (Å²) in [6, 6.07) is 6.87. The van der Waals surface area contributed by atoms with Crippen LogP contribution in [0.3, 0.4) is 0 Å². The molecule has 0 radical (unpaired) electrons. The predicted molar refractivity (Wildman–Crippen MR) is 123 cm³/mol. The van der Waals surface area contributed by atoms with Crippen LogP contribution in [0.1, 0.15) is 47.3 Å². The largest absolute Gasteiger partial charge is 0.496 e. The molecule has 0 bridgehead atoms. The normalized spacial score (nSPS) is 17.3. The molecule has 1 aromatic heterocycles. The first-order valence-corrected chi connectivity index (χ1v) is 11.8. The van der Waals surface area contributed by atoms with E-state index >= 15 is 0 Å². The van der Waals surface area contributed by atoms with Crippen molar-refractivity contribution in [3.8, 4) is 17.2 Å². The van der Waals surface area contributed by atoms with E-state index < -0.39 is 0 Å². The molecule has 1 aliphatic carbocycles. The molecular weight excluding hydrogens is 438 g/mol. The lowest BCUT2D eigenvalue weighted by atomic mass is 10.1. The van der Waals surface area contributed by atoms with Crippen molar-refractivity contribution >= 4 is 11.8 Å². The highest BCUT2D eigenvalue weighted by molar-refractivity contribution is 5.98. The summed E-state index contributed by atoms with van der Waals surface area (Å²) in [5, 5.41) is 2.94. The third-order valence-electron chi connectivity index (χ3n) is 6.95. The molecule has 180 valence electrons. The summed E-state index contributed by atoms with van der Waals surface area (Å²) in [4.78, 5) is 41.0. The van der Waals surface area contributed by atoms with Gasteiger partial charge in [0, 0.05) is 50.3 Å². The molecule has 3 aliphatic rings. The van der Waals surface area contributed by atoms with E-state index in [1.165, 1.54) is 13.2 Å². The number of nitrogens with one attached hydrogen (secondary N) is 1. The fourth-order valence-corrected chi connectivity index (χ4v) is 5.13. The Hall–Kier alpha value is -3.49. The van der Waals surface area contributed by atoms with Crippen molar-refractivity contribution < 1.29 is 23.8 Å². The van der Waals surface area contributed by atoms with E-state index in [-0.39, 0.29) is 42.4 Å². The third kappa shape index (κ3) is 4.22. The van der Waals surface area contributed by atoms with Gasteiger partial charge in [-0.05, 0) is 30.5 Å². The van der Waals surface area contributed by atoms with Gasteiger partial charge in [0.2, 0.25) is 12.7 Å². The molecule has 0 unspecified atom stereocenters. The molecule has 5 rings (SSSR count). The van der Waals surface area contributed by atoms with E-state index in [0.717, 1.165) is 31.2 Å². The standard InChI is InChI=1S/C25H29N3O6/c1-32-21-13-22(29)28-11-10-27(25(31)17-4-2-3-5-17)9-8-18(28)23(21)24(30)26-14-16-6-7-19-20(12-16)34-15-33-19/h6-7,12-13,17H,2-5,8-11,14-15H2,1H3,(H,26,30). The molecule has 9 heteroatoms. The number of hydrogen-bond donors (Lipinski definition) is 1. The SMILES string of the molecule is COc1cc(=O)n2c(c1C(=O)NCc1ccc3c(c1)OCO3)CCN(C(=O)C1CCCC1)CC2. The Morgan fingerprint density at radius 3 is 2.68 bits per heavy atom. The first-order valence-electron chi connectivity index (χ1n) is 11.8. The number of rotatable bonds is 5. The van der Waals surface area contributed by atoms with Gasteiger partial charge in [0.05, 0.1) is 7.11 Å². The summed E-state index contributed by atoms with van der Waals surface area (Å²) >= 11 is 0. The van der Waals surface area contributed by atoms with Crippen molar-refractivity contribution in [2.45, 2.75) is 45.2 Å². The van der Waals surface area contributed by atoms with Crippen molar-refractivity contribution in [2.75, 3.05) is 27.0 Å². The zero-order valence-corrected chi connectivity index (χ0v) is 19.3. The molecule has 3 heterocycles. The van der Waals surface area contributed by atoms with Gasteiger partial charge < -0.3 is 29.0 Å². The van der Waals surface area contributed by atoms with Gasteiger partial charge in [-0.3, -0.25) is 14.4 Å². The molecule has 34 heavy (non-hydrogen) atoms. The molecule has 1 fully saturated rings. The lowest BCUT2D eigenvalue weighted by Crippen LogP contribution is -2.37. The fourth-order valence-electron chi connectivity index (χ4n) is 5.13. The quantitative estimate of drug-likeness (QED) is 0.723. The Bertz CT molecular complexity index is 1170. The number of benzene rings is 1. The van der Waals surface area contributed by atoms with Crippen LogP contribution in [0.4, 0.5) is 0 Å². The van der Waals surface area contributed by atoms with E-state index in [4.69, 9.17) is 14.2 Å². The van der Waals surface area contributed by atoms with Crippen molar-refractivity contribution in [1.82, 2.24) is 14.8 Å². The lowest BCUT2D eigenvalue weighted by Gasteiger charge is -2.23. The number of hydrogen-bond acceptors (Lipinski definition) is 6. The number of nitrogens with zero attached hydrogens (tertiary/aromatic N) is 2. The predicted octanol–water partition coefficient (Wildman–Crippen LogP) is 2.09. The van der Waals surface area contributed by atoms with Gasteiger partial charge in [-0.25, -0.2) is 0 Å². The average molecular weight is 468 g/mol. The van der Waals surface area contributed by atoms with E-state index in [1.54, 1.807) is 4.57 Å². The lowest BCUT2D eigenvalue weighted by molar-refractivity contribution is -0.135. The molecule has 1 saturated carbocycles. The Morgan fingerprint density at radius 2 is 1.88 bits per heavy atom. The highest BCUT2D eigenvalue weighted by Crippen LogP contribution is 2.32. The Kier molecular flexibility index (Phi) is 6.17. The number of aromatic nitrogens is 1. The van der Waals surface area contributed by atoms with Crippen LogP contribution in [-0.4, -0.2) is 48.3 Å². The summed E-state index contributed by atoms with van der Waals surface area (Å²) in [7, 11) is 1.45. The Morgan fingerprint density at radius 1 is 1.09 bits per heavy atom. The maximum atomic E-state index is 13.3. The molecule has 0 saturated heterocycles. The summed E-state index contributed by atoms with van der Waals surface area (Å²) in [6.45, 7) is 1.77. The minimum Gasteiger partial charge on any atom is -0.496 e. The second-order valence-corrected chi connectivity index (χ2v) is 8.95. The summed E-state index contributed by atoms with van der Waals surface area (Å²) in [5.74, 6) is 1.50. The third-order valence-corrected chi connectivity index (χ3v) is 6.95. The molecule has 2 aromatic rings. The van der Waals surface area contributed by atoms with E-state index in [2.05, 4.69) is 5.32 Å². The molecule has 0 atom stereocenters.